The first-order valence-corrected chi connectivity index (χ1v) is 7.52. The van der Waals surface area contributed by atoms with Crippen molar-refractivity contribution in [2.45, 2.75) is 0 Å². The number of aromatic hydroxyl groups is 1. The molecular formula is C18H19Cl2NO2. The quantitative estimate of drug-likeness (QED) is 0.898. The van der Waals surface area contributed by atoms with Gasteiger partial charge in [0.1, 0.15) is 18.1 Å². The normalized spacial score (nSPS) is 13.4. The van der Waals surface area contributed by atoms with E-state index in [2.05, 4.69) is 4.90 Å². The van der Waals surface area contributed by atoms with Gasteiger partial charge >= 0.3 is 0 Å². The van der Waals surface area contributed by atoms with Crippen LogP contribution in [0.1, 0.15) is 11.1 Å². The maximum absolute atomic E-state index is 9.82. The van der Waals surface area contributed by atoms with E-state index < -0.39 is 0 Å². The summed E-state index contributed by atoms with van der Waals surface area (Å²) < 4.78 is 5.87. The summed E-state index contributed by atoms with van der Waals surface area (Å²) in [6, 6.07) is 13.1. The Kier molecular flexibility index (Phi) is 5.58. The van der Waals surface area contributed by atoms with Crippen LogP contribution in [0.15, 0.2) is 48.0 Å². The van der Waals surface area contributed by atoms with Crippen molar-refractivity contribution in [3.63, 3.8) is 0 Å². The Bertz CT molecular complexity index is 742. The standard InChI is InChI=1S/C18H18ClNO2.ClH/c1-20(2)10-13-11-22-18-15(7-4-8-16(18)19)17(13)12-5-3-6-14(21)9-12;/h3-9,21H,10-11H2,1-2H3;1H. The van der Waals surface area contributed by atoms with Gasteiger partial charge in [0, 0.05) is 12.1 Å². The lowest BCUT2D eigenvalue weighted by atomic mass is 9.90. The minimum Gasteiger partial charge on any atom is -0.508 e. The number of fused-ring (bicyclic) bond motifs is 1. The number of halogens is 2. The first-order valence-electron chi connectivity index (χ1n) is 7.14. The first kappa shape index (κ1) is 17.7. The predicted molar refractivity (Wildman–Crippen MR) is 96.9 cm³/mol. The molecule has 122 valence electrons. The fourth-order valence-corrected chi connectivity index (χ4v) is 3.03. The molecule has 1 aliphatic heterocycles. The van der Waals surface area contributed by atoms with Gasteiger partial charge in [-0.15, -0.1) is 12.4 Å². The highest BCUT2D eigenvalue weighted by atomic mass is 35.5. The lowest BCUT2D eigenvalue weighted by Gasteiger charge is -2.27. The van der Waals surface area contributed by atoms with Crippen LogP contribution in [0.3, 0.4) is 0 Å². The van der Waals surface area contributed by atoms with Gasteiger partial charge in [0.05, 0.1) is 5.02 Å². The number of hydrogen-bond acceptors (Lipinski definition) is 3. The van der Waals surface area contributed by atoms with Crippen molar-refractivity contribution in [3.05, 3.63) is 64.2 Å². The first-order chi connectivity index (χ1) is 10.6. The highest BCUT2D eigenvalue weighted by Gasteiger charge is 2.23. The number of nitrogens with zero attached hydrogens (tertiary/aromatic N) is 1. The van der Waals surface area contributed by atoms with Crippen LogP contribution < -0.4 is 4.74 Å². The Labute approximate surface area is 147 Å². The molecule has 0 saturated heterocycles. The van der Waals surface area contributed by atoms with Gasteiger partial charge in [-0.3, -0.25) is 0 Å². The second-order valence-corrected chi connectivity index (χ2v) is 6.08. The van der Waals surface area contributed by atoms with Gasteiger partial charge in [-0.2, -0.15) is 0 Å². The van der Waals surface area contributed by atoms with Crippen molar-refractivity contribution < 1.29 is 9.84 Å². The summed E-state index contributed by atoms with van der Waals surface area (Å²) in [6.45, 7) is 1.29. The summed E-state index contributed by atoms with van der Waals surface area (Å²) in [7, 11) is 4.06. The van der Waals surface area contributed by atoms with E-state index in [9.17, 15) is 5.11 Å². The van der Waals surface area contributed by atoms with Gasteiger partial charge in [0.25, 0.3) is 0 Å². The Hall–Kier alpha value is -1.68. The van der Waals surface area contributed by atoms with E-state index in [1.54, 1.807) is 12.1 Å². The molecule has 0 radical (unpaired) electrons. The zero-order valence-electron chi connectivity index (χ0n) is 13.0. The summed E-state index contributed by atoms with van der Waals surface area (Å²) in [4.78, 5) is 2.11. The molecule has 0 fully saturated rings. The fraction of sp³-hybridized carbons (Fsp3) is 0.222. The van der Waals surface area contributed by atoms with Crippen LogP contribution in [0.25, 0.3) is 5.57 Å². The zero-order chi connectivity index (χ0) is 15.7. The minimum atomic E-state index is 0. The highest BCUT2D eigenvalue weighted by Crippen LogP contribution is 2.41. The van der Waals surface area contributed by atoms with E-state index in [4.69, 9.17) is 16.3 Å². The third-order valence-electron chi connectivity index (χ3n) is 3.62. The van der Waals surface area contributed by atoms with Crippen LogP contribution in [0.5, 0.6) is 11.5 Å². The molecule has 1 heterocycles. The molecule has 0 unspecified atom stereocenters. The molecule has 1 N–H and O–H groups in total. The van der Waals surface area contributed by atoms with Crippen LogP contribution >= 0.6 is 24.0 Å². The molecule has 0 atom stereocenters. The Morgan fingerprint density at radius 3 is 2.61 bits per heavy atom. The average molecular weight is 352 g/mol. The van der Waals surface area contributed by atoms with E-state index in [0.717, 1.165) is 23.2 Å². The number of phenolic OH excluding ortho intramolecular Hbond substituents is 1. The van der Waals surface area contributed by atoms with Gasteiger partial charge in [0.2, 0.25) is 0 Å². The molecule has 0 aliphatic carbocycles. The van der Waals surface area contributed by atoms with Gasteiger partial charge in [-0.05, 0) is 49.0 Å². The van der Waals surface area contributed by atoms with E-state index in [1.807, 2.05) is 44.4 Å². The molecule has 0 bridgehead atoms. The van der Waals surface area contributed by atoms with Crippen molar-refractivity contribution in [2.75, 3.05) is 27.2 Å². The molecule has 3 nitrogen and oxygen atoms in total. The number of ether oxygens (including phenoxy) is 1. The van der Waals surface area contributed by atoms with Crippen LogP contribution in [0.2, 0.25) is 5.02 Å². The van der Waals surface area contributed by atoms with E-state index >= 15 is 0 Å². The zero-order valence-corrected chi connectivity index (χ0v) is 14.6. The van der Waals surface area contributed by atoms with Gasteiger partial charge < -0.3 is 14.7 Å². The molecule has 3 rings (SSSR count). The highest BCUT2D eigenvalue weighted by molar-refractivity contribution is 6.32. The Morgan fingerprint density at radius 1 is 1.17 bits per heavy atom. The van der Waals surface area contributed by atoms with Crippen LogP contribution in [0.4, 0.5) is 0 Å². The third-order valence-corrected chi connectivity index (χ3v) is 3.92. The third kappa shape index (κ3) is 3.63. The maximum atomic E-state index is 9.82. The van der Waals surface area contributed by atoms with Gasteiger partial charge in [0.15, 0.2) is 0 Å². The van der Waals surface area contributed by atoms with Crippen LogP contribution in [-0.4, -0.2) is 37.3 Å². The van der Waals surface area contributed by atoms with E-state index in [1.165, 1.54) is 5.57 Å². The van der Waals surface area contributed by atoms with Crippen molar-refractivity contribution in [3.8, 4) is 11.5 Å². The van der Waals surface area contributed by atoms with Crippen molar-refractivity contribution in [1.29, 1.82) is 0 Å². The number of para-hydroxylation sites is 1. The molecule has 5 heteroatoms. The Morgan fingerprint density at radius 2 is 1.91 bits per heavy atom. The van der Waals surface area contributed by atoms with Crippen molar-refractivity contribution >= 4 is 29.6 Å². The van der Waals surface area contributed by atoms with Gasteiger partial charge in [-0.25, -0.2) is 0 Å². The average Bonchev–Trinajstić information content (AvgIpc) is 2.46. The smallest absolute Gasteiger partial charge is 0.146 e. The molecule has 0 aromatic heterocycles. The van der Waals surface area contributed by atoms with Crippen LogP contribution in [0, 0.1) is 0 Å². The molecule has 0 amide bonds. The summed E-state index contributed by atoms with van der Waals surface area (Å²) in [5, 5.41) is 10.4. The van der Waals surface area contributed by atoms with Crippen LogP contribution in [-0.2, 0) is 0 Å². The predicted octanol–water partition coefficient (Wildman–Crippen LogP) is 4.22. The second kappa shape index (κ2) is 7.26. The minimum absolute atomic E-state index is 0. The monoisotopic (exact) mass is 351 g/mol. The molecule has 2 aromatic carbocycles. The molecule has 23 heavy (non-hydrogen) atoms. The lowest BCUT2D eigenvalue weighted by Crippen LogP contribution is -2.23. The number of rotatable bonds is 3. The van der Waals surface area contributed by atoms with E-state index in [0.29, 0.717) is 17.4 Å². The largest absolute Gasteiger partial charge is 0.508 e. The fourth-order valence-electron chi connectivity index (χ4n) is 2.80. The summed E-state index contributed by atoms with van der Waals surface area (Å²) in [5.41, 5.74) is 4.21. The SMILES string of the molecule is CN(C)CC1=C(c2cccc(O)c2)c2cccc(Cl)c2OC1.Cl. The summed E-state index contributed by atoms with van der Waals surface area (Å²) >= 11 is 6.27. The second-order valence-electron chi connectivity index (χ2n) is 5.67. The molecule has 1 aliphatic rings. The maximum Gasteiger partial charge on any atom is 0.146 e. The topological polar surface area (TPSA) is 32.7 Å². The number of benzene rings is 2. The number of likely N-dealkylation sites (N-methyl/N-ethyl adjacent to an activating group) is 1. The summed E-state index contributed by atoms with van der Waals surface area (Å²) in [5.74, 6) is 0.967. The molecular weight excluding hydrogens is 333 g/mol. The lowest BCUT2D eigenvalue weighted by molar-refractivity contribution is 0.325. The van der Waals surface area contributed by atoms with E-state index in [-0.39, 0.29) is 18.2 Å². The summed E-state index contributed by atoms with van der Waals surface area (Å²) in [6.07, 6.45) is 0. The van der Waals surface area contributed by atoms with Gasteiger partial charge in [-0.1, -0.05) is 35.9 Å². The molecule has 0 saturated carbocycles. The van der Waals surface area contributed by atoms with Crippen molar-refractivity contribution in [1.82, 2.24) is 4.90 Å². The molecule has 2 aromatic rings. The Balaban J connectivity index is 0.00000192. The number of hydrogen-bond donors (Lipinski definition) is 1. The number of phenols is 1. The van der Waals surface area contributed by atoms with Crippen molar-refractivity contribution in [2.24, 2.45) is 0 Å². The molecule has 0 spiro atoms.